The first-order valence-corrected chi connectivity index (χ1v) is 13.3. The Bertz CT molecular complexity index is 1060. The van der Waals surface area contributed by atoms with Gasteiger partial charge in [0.15, 0.2) is 0 Å². The molecule has 8 heteroatoms. The predicted molar refractivity (Wildman–Crippen MR) is 141 cm³/mol. The summed E-state index contributed by atoms with van der Waals surface area (Å²) in [5.74, 6) is -0.644. The summed E-state index contributed by atoms with van der Waals surface area (Å²) in [6.07, 6.45) is 1.02. The molecule has 190 valence electrons. The highest BCUT2D eigenvalue weighted by Crippen LogP contribution is 2.45. The molecule has 35 heavy (non-hydrogen) atoms. The number of carbonyl (C=O) groups excluding carboxylic acids is 1. The van der Waals surface area contributed by atoms with Gasteiger partial charge in [0.25, 0.3) is 5.91 Å². The second-order valence-corrected chi connectivity index (χ2v) is 12.3. The summed E-state index contributed by atoms with van der Waals surface area (Å²) in [5, 5.41) is 0.192. The molecule has 1 aliphatic rings. The van der Waals surface area contributed by atoms with E-state index in [1.165, 1.54) is 24.3 Å². The van der Waals surface area contributed by atoms with Crippen molar-refractivity contribution in [3.05, 3.63) is 81.9 Å². The van der Waals surface area contributed by atoms with Crippen LogP contribution < -0.4 is 0 Å². The Hall–Kier alpha value is -1.60. The third-order valence-corrected chi connectivity index (χ3v) is 7.82. The average Bonchev–Trinajstić information content (AvgIpc) is 2.77. The van der Waals surface area contributed by atoms with Crippen molar-refractivity contribution in [1.29, 1.82) is 0 Å². The maximum absolute atomic E-state index is 14.6. The number of rotatable bonds is 8. The van der Waals surface area contributed by atoms with Crippen molar-refractivity contribution >= 4 is 40.9 Å². The van der Waals surface area contributed by atoms with E-state index in [1.54, 1.807) is 34.9 Å². The van der Waals surface area contributed by atoms with E-state index in [0.717, 1.165) is 0 Å². The van der Waals surface area contributed by atoms with E-state index in [1.807, 2.05) is 6.92 Å². The second kappa shape index (κ2) is 11.6. The van der Waals surface area contributed by atoms with E-state index in [9.17, 15) is 13.6 Å². The largest absolute Gasteiger partial charge is 0.358 e. The van der Waals surface area contributed by atoms with Crippen LogP contribution in [0.15, 0.2) is 49.1 Å². The topological polar surface area (TPSA) is 29.5 Å². The summed E-state index contributed by atoms with van der Waals surface area (Å²) in [6.45, 7) is 12.2. The third kappa shape index (κ3) is 6.79. The lowest BCUT2D eigenvalue weighted by Crippen LogP contribution is -2.55. The van der Waals surface area contributed by atoms with E-state index >= 15 is 0 Å². The molecule has 0 radical (unpaired) electrons. The molecule has 1 fully saturated rings. The molecule has 0 unspecified atom stereocenters. The van der Waals surface area contributed by atoms with Crippen LogP contribution in [-0.2, 0) is 9.53 Å². The van der Waals surface area contributed by atoms with Gasteiger partial charge in [-0.2, -0.15) is 11.8 Å². The summed E-state index contributed by atoms with van der Waals surface area (Å²) in [6, 6.07) is 7.77. The smallest absolute Gasteiger partial charge is 0.252 e. The van der Waals surface area contributed by atoms with E-state index in [2.05, 4.69) is 27.4 Å². The first-order chi connectivity index (χ1) is 16.4. The van der Waals surface area contributed by atoms with Gasteiger partial charge in [-0.05, 0) is 47.9 Å². The van der Waals surface area contributed by atoms with E-state index in [4.69, 9.17) is 27.9 Å². The highest BCUT2D eigenvalue weighted by Gasteiger charge is 2.46. The van der Waals surface area contributed by atoms with Crippen LogP contribution in [0.5, 0.6) is 0 Å². The highest BCUT2D eigenvalue weighted by atomic mass is 35.5. The number of morpholine rings is 1. The standard InChI is InChI=1S/C27H31Cl2F2NO2S/c1-6-8-23-26(33)32(20(7-2)15-35-27(3,4)5)24(16-9-10-21(29)22(31)13-16)25(34-23)17-11-18(28)14-19(30)12-17/h6,9-14,20,23-25H,1,7-8,15H2,2-5H3/t20-,23+,24+,25+/m0/s1. The summed E-state index contributed by atoms with van der Waals surface area (Å²) in [7, 11) is 0. The van der Waals surface area contributed by atoms with Gasteiger partial charge in [0.2, 0.25) is 0 Å². The Morgan fingerprint density at radius 3 is 2.46 bits per heavy atom. The molecule has 1 aliphatic heterocycles. The fraction of sp³-hybridized carbons (Fsp3) is 0.444. The zero-order chi connectivity index (χ0) is 25.9. The molecule has 0 aliphatic carbocycles. The van der Waals surface area contributed by atoms with Crippen molar-refractivity contribution in [1.82, 2.24) is 4.90 Å². The predicted octanol–water partition coefficient (Wildman–Crippen LogP) is 8.17. The van der Waals surface area contributed by atoms with Crippen LogP contribution in [0.1, 0.15) is 63.8 Å². The SMILES string of the molecule is C=CC[C@H]1O[C@H](c2cc(F)cc(Cl)c2)[C@@H](c2ccc(Cl)c(F)c2)N([C@@H](CC)CSC(C)(C)C)C1=O. The molecule has 1 heterocycles. The van der Waals surface area contributed by atoms with Crippen LogP contribution in [0.25, 0.3) is 0 Å². The zero-order valence-corrected chi connectivity index (χ0v) is 22.7. The highest BCUT2D eigenvalue weighted by molar-refractivity contribution is 8.00. The number of ether oxygens (including phenoxy) is 1. The van der Waals surface area contributed by atoms with Crippen LogP contribution in [0.4, 0.5) is 8.78 Å². The number of hydrogen-bond acceptors (Lipinski definition) is 3. The molecule has 2 aromatic rings. The fourth-order valence-electron chi connectivity index (χ4n) is 4.25. The van der Waals surface area contributed by atoms with Crippen LogP contribution in [0.3, 0.4) is 0 Å². The number of thioether (sulfide) groups is 1. The summed E-state index contributed by atoms with van der Waals surface area (Å²) < 4.78 is 35.3. The molecule has 4 atom stereocenters. The Balaban J connectivity index is 2.20. The monoisotopic (exact) mass is 541 g/mol. The van der Waals surface area contributed by atoms with Gasteiger partial charge in [0.1, 0.15) is 23.8 Å². The zero-order valence-electron chi connectivity index (χ0n) is 20.4. The van der Waals surface area contributed by atoms with Crippen LogP contribution >= 0.6 is 35.0 Å². The first kappa shape index (κ1) is 28.0. The van der Waals surface area contributed by atoms with Crippen LogP contribution in [0.2, 0.25) is 10.0 Å². The molecule has 3 rings (SSSR count). The molecule has 2 aromatic carbocycles. The van der Waals surface area contributed by atoms with Crippen LogP contribution in [-0.4, -0.2) is 33.5 Å². The Kier molecular flexibility index (Phi) is 9.30. The molecule has 0 N–H and O–H groups in total. The van der Waals surface area contributed by atoms with Gasteiger partial charge < -0.3 is 9.64 Å². The maximum Gasteiger partial charge on any atom is 0.252 e. The lowest BCUT2D eigenvalue weighted by Gasteiger charge is -2.48. The van der Waals surface area contributed by atoms with E-state index in [-0.39, 0.29) is 26.7 Å². The Morgan fingerprint density at radius 1 is 1.17 bits per heavy atom. The number of halogens is 4. The summed E-state index contributed by atoms with van der Waals surface area (Å²) in [4.78, 5) is 15.6. The molecule has 3 nitrogen and oxygen atoms in total. The Labute approximate surface area is 220 Å². The normalized spacial score (nSPS) is 21.8. The minimum atomic E-state index is -0.804. The number of amides is 1. The minimum Gasteiger partial charge on any atom is -0.358 e. The number of hydrogen-bond donors (Lipinski definition) is 0. The number of nitrogens with zero attached hydrogens (tertiary/aromatic N) is 1. The number of benzene rings is 2. The van der Waals surface area contributed by atoms with Crippen molar-refractivity contribution < 1.29 is 18.3 Å². The molecule has 1 saturated heterocycles. The molecule has 0 bridgehead atoms. The molecule has 0 aromatic heterocycles. The van der Waals surface area contributed by atoms with E-state index in [0.29, 0.717) is 29.7 Å². The van der Waals surface area contributed by atoms with Gasteiger partial charge in [0.05, 0.1) is 11.1 Å². The van der Waals surface area contributed by atoms with Crippen molar-refractivity contribution in [2.24, 2.45) is 0 Å². The Morgan fingerprint density at radius 2 is 1.89 bits per heavy atom. The van der Waals surface area contributed by atoms with Gasteiger partial charge >= 0.3 is 0 Å². The van der Waals surface area contributed by atoms with Gasteiger partial charge in [-0.25, -0.2) is 8.78 Å². The quantitative estimate of drug-likeness (QED) is 0.315. The molecule has 1 amide bonds. The molecule has 0 saturated carbocycles. The molecular weight excluding hydrogens is 511 g/mol. The minimum absolute atomic E-state index is 0.0133. The van der Waals surface area contributed by atoms with Gasteiger partial charge in [-0.1, -0.05) is 63.0 Å². The van der Waals surface area contributed by atoms with Gasteiger partial charge in [-0.15, -0.1) is 6.58 Å². The van der Waals surface area contributed by atoms with E-state index < -0.39 is 29.9 Å². The lowest BCUT2D eigenvalue weighted by atomic mass is 9.89. The maximum atomic E-state index is 14.6. The van der Waals surface area contributed by atoms with Crippen LogP contribution in [0, 0.1) is 11.6 Å². The second-order valence-electron chi connectivity index (χ2n) is 9.62. The van der Waals surface area contributed by atoms with Crippen molar-refractivity contribution in [3.63, 3.8) is 0 Å². The van der Waals surface area contributed by atoms with Crippen molar-refractivity contribution in [3.8, 4) is 0 Å². The summed E-state index contributed by atoms with van der Waals surface area (Å²) >= 11 is 13.9. The fourth-order valence-corrected chi connectivity index (χ4v) is 5.68. The average molecular weight is 543 g/mol. The third-order valence-electron chi connectivity index (χ3n) is 5.88. The van der Waals surface area contributed by atoms with Crippen molar-refractivity contribution in [2.75, 3.05) is 5.75 Å². The molecular formula is C27H31Cl2F2NO2S. The first-order valence-electron chi connectivity index (χ1n) is 11.6. The molecule has 0 spiro atoms. The van der Waals surface area contributed by atoms with Crippen molar-refractivity contribution in [2.45, 2.75) is 69.6 Å². The summed E-state index contributed by atoms with van der Waals surface area (Å²) in [5.41, 5.74) is 0.988. The number of carbonyl (C=O) groups is 1. The van der Waals surface area contributed by atoms with Gasteiger partial charge in [0, 0.05) is 28.0 Å². The lowest BCUT2D eigenvalue weighted by molar-refractivity contribution is -0.178. The van der Waals surface area contributed by atoms with Gasteiger partial charge in [-0.3, -0.25) is 4.79 Å².